The molecule has 0 aliphatic carbocycles. The minimum absolute atomic E-state index is 0.204. The van der Waals surface area contributed by atoms with E-state index in [4.69, 9.17) is 39.5 Å². The van der Waals surface area contributed by atoms with Gasteiger partial charge in [-0.25, -0.2) is 0 Å². The Hall–Kier alpha value is -0.320. The van der Waals surface area contributed by atoms with E-state index in [2.05, 4.69) is 0 Å². The predicted octanol–water partition coefficient (Wildman–Crippen LogP) is 2.86. The second kappa shape index (κ2) is 6.73. The van der Waals surface area contributed by atoms with Gasteiger partial charge in [-0.05, 0) is 6.92 Å². The minimum Gasteiger partial charge on any atom is -0.465 e. The molecular weight excluding hydrogens is 302 g/mol. The van der Waals surface area contributed by atoms with Crippen LogP contribution in [0.5, 0.6) is 0 Å². The Bertz CT molecular complexity index is 349. The number of rotatable bonds is 6. The van der Waals surface area contributed by atoms with Gasteiger partial charge in [0.05, 0.1) is 0 Å². The van der Waals surface area contributed by atoms with Crippen molar-refractivity contribution in [3.63, 3.8) is 0 Å². The average Bonchev–Trinajstić information content (AvgIpc) is 2.21. The van der Waals surface area contributed by atoms with E-state index >= 15 is 0 Å². The van der Waals surface area contributed by atoms with Crippen molar-refractivity contribution in [2.24, 2.45) is 5.41 Å². The Kier molecular flexibility index (Phi) is 6.61. The molecule has 0 bridgehead atoms. The molecule has 0 rings (SSSR count). The van der Waals surface area contributed by atoms with Crippen molar-refractivity contribution in [3.8, 4) is 0 Å². The maximum atomic E-state index is 11.8. The molecule has 18 heavy (non-hydrogen) atoms. The van der Waals surface area contributed by atoms with Gasteiger partial charge in [-0.1, -0.05) is 41.7 Å². The minimum atomic E-state index is -2.03. The molecule has 0 aromatic rings. The number of hydrogen-bond donors (Lipinski definition) is 0. The molecule has 0 amide bonds. The zero-order chi connectivity index (χ0) is 14.6. The van der Waals surface area contributed by atoms with Crippen LogP contribution in [0.4, 0.5) is 0 Å². The third-order valence-electron chi connectivity index (χ3n) is 2.63. The average molecular weight is 318 g/mol. The molecule has 0 spiro atoms. The van der Waals surface area contributed by atoms with Crippen molar-refractivity contribution in [1.29, 1.82) is 0 Å². The summed E-state index contributed by atoms with van der Waals surface area (Å²) < 4.78 is 2.75. The van der Waals surface area contributed by atoms with Gasteiger partial charge in [0.1, 0.15) is 23.6 Å². The van der Waals surface area contributed by atoms with Crippen LogP contribution < -0.4 is 0 Å². The van der Waals surface area contributed by atoms with E-state index in [0.717, 1.165) is 0 Å². The van der Waals surface area contributed by atoms with Crippen molar-refractivity contribution < 1.29 is 19.1 Å². The fourth-order valence-electron chi connectivity index (χ4n) is 1.35. The van der Waals surface area contributed by atoms with Gasteiger partial charge in [0.2, 0.25) is 3.79 Å². The number of ketones is 2. The Morgan fingerprint density at radius 2 is 1.61 bits per heavy atom. The first-order valence-corrected chi connectivity index (χ1v) is 6.43. The van der Waals surface area contributed by atoms with E-state index in [-0.39, 0.29) is 18.6 Å². The van der Waals surface area contributed by atoms with Crippen LogP contribution in [-0.4, -0.2) is 27.9 Å². The SMILES string of the molecule is CCC(=O)CC(COC(C)=O)(C(C)=O)C(Cl)(Cl)Cl. The molecule has 0 aliphatic heterocycles. The van der Waals surface area contributed by atoms with E-state index in [9.17, 15) is 14.4 Å². The lowest BCUT2D eigenvalue weighted by molar-refractivity contribution is -0.149. The Morgan fingerprint density at radius 3 is 1.89 bits per heavy atom. The van der Waals surface area contributed by atoms with Gasteiger partial charge in [0, 0.05) is 19.8 Å². The molecule has 0 aliphatic rings. The maximum absolute atomic E-state index is 11.8. The molecule has 0 N–H and O–H groups in total. The van der Waals surface area contributed by atoms with Crippen LogP contribution in [0.2, 0.25) is 0 Å². The predicted molar refractivity (Wildman–Crippen MR) is 70.0 cm³/mol. The van der Waals surface area contributed by atoms with E-state index in [1.807, 2.05) is 0 Å². The molecule has 1 unspecified atom stereocenters. The zero-order valence-electron chi connectivity index (χ0n) is 10.4. The van der Waals surface area contributed by atoms with Crippen molar-refractivity contribution in [1.82, 2.24) is 0 Å². The fourth-order valence-corrected chi connectivity index (χ4v) is 2.11. The first-order valence-electron chi connectivity index (χ1n) is 5.29. The van der Waals surface area contributed by atoms with Gasteiger partial charge in [0.15, 0.2) is 0 Å². The highest BCUT2D eigenvalue weighted by Crippen LogP contribution is 2.48. The van der Waals surface area contributed by atoms with Crippen LogP contribution in [0.3, 0.4) is 0 Å². The summed E-state index contributed by atoms with van der Waals surface area (Å²) in [7, 11) is 0. The van der Waals surface area contributed by atoms with Crippen LogP contribution in [0, 0.1) is 5.41 Å². The molecule has 0 fully saturated rings. The fraction of sp³-hybridized carbons (Fsp3) is 0.727. The number of Topliss-reactive ketones (excluding diaryl/α,β-unsaturated/α-hetero) is 2. The first kappa shape index (κ1) is 17.7. The molecule has 1 atom stereocenters. The summed E-state index contributed by atoms with van der Waals surface area (Å²) in [6, 6.07) is 0. The largest absolute Gasteiger partial charge is 0.465 e. The number of carbonyl (C=O) groups excluding carboxylic acids is 3. The summed E-state index contributed by atoms with van der Waals surface area (Å²) in [4.78, 5) is 34.2. The third kappa shape index (κ3) is 4.41. The second-order valence-corrected chi connectivity index (χ2v) is 6.27. The van der Waals surface area contributed by atoms with E-state index in [1.165, 1.54) is 13.8 Å². The molecule has 104 valence electrons. The zero-order valence-corrected chi connectivity index (χ0v) is 12.7. The summed E-state index contributed by atoms with van der Waals surface area (Å²) in [6.07, 6.45) is -0.0710. The third-order valence-corrected chi connectivity index (χ3v) is 3.72. The molecule has 0 heterocycles. The van der Waals surface area contributed by atoms with Gasteiger partial charge in [0.25, 0.3) is 0 Å². The lowest BCUT2D eigenvalue weighted by atomic mass is 9.80. The van der Waals surface area contributed by atoms with Crippen LogP contribution in [0.25, 0.3) is 0 Å². The van der Waals surface area contributed by atoms with Gasteiger partial charge in [-0.15, -0.1) is 0 Å². The lowest BCUT2D eigenvalue weighted by Crippen LogP contribution is -2.47. The Morgan fingerprint density at radius 1 is 1.11 bits per heavy atom. The van der Waals surface area contributed by atoms with Gasteiger partial charge in [-0.2, -0.15) is 0 Å². The molecule has 0 aromatic heterocycles. The van der Waals surface area contributed by atoms with Crippen LogP contribution in [0.1, 0.15) is 33.6 Å². The first-order chi connectivity index (χ1) is 8.06. The summed E-state index contributed by atoms with van der Waals surface area (Å²) in [5.41, 5.74) is -1.64. The van der Waals surface area contributed by atoms with Crippen LogP contribution in [0.15, 0.2) is 0 Å². The Labute approximate surface area is 121 Å². The number of esters is 1. The summed E-state index contributed by atoms with van der Waals surface area (Å²) in [5.74, 6) is -1.37. The number of carbonyl (C=O) groups is 3. The summed E-state index contributed by atoms with van der Waals surface area (Å²) in [6.45, 7) is 3.58. The quantitative estimate of drug-likeness (QED) is 0.558. The van der Waals surface area contributed by atoms with Gasteiger partial charge < -0.3 is 4.74 Å². The van der Waals surface area contributed by atoms with Crippen molar-refractivity contribution in [3.05, 3.63) is 0 Å². The van der Waals surface area contributed by atoms with Crippen LogP contribution in [-0.2, 0) is 19.1 Å². The van der Waals surface area contributed by atoms with E-state index in [1.54, 1.807) is 6.92 Å². The summed E-state index contributed by atoms with van der Waals surface area (Å²) in [5, 5.41) is 0. The number of ether oxygens (including phenoxy) is 1. The van der Waals surface area contributed by atoms with Gasteiger partial charge >= 0.3 is 5.97 Å². The molecule has 0 saturated carbocycles. The second-order valence-electron chi connectivity index (χ2n) is 3.99. The molecule has 0 aromatic carbocycles. The normalized spacial score (nSPS) is 14.8. The molecule has 7 heteroatoms. The topological polar surface area (TPSA) is 60.4 Å². The lowest BCUT2D eigenvalue weighted by Gasteiger charge is -2.36. The number of hydrogen-bond acceptors (Lipinski definition) is 4. The van der Waals surface area contributed by atoms with E-state index in [0.29, 0.717) is 0 Å². The standard InChI is InChI=1S/C11H15Cl3O4/c1-4-9(17)5-10(7(2)15,11(12,13)14)6-18-8(3)16/h4-6H2,1-3H3. The Balaban J connectivity index is 5.37. The summed E-state index contributed by atoms with van der Waals surface area (Å²) >= 11 is 17.4. The molecule has 0 radical (unpaired) electrons. The van der Waals surface area contributed by atoms with Crippen molar-refractivity contribution >= 4 is 52.3 Å². The molecule has 4 nitrogen and oxygen atoms in total. The molecule has 0 saturated heterocycles. The molecular formula is C11H15Cl3O4. The highest BCUT2D eigenvalue weighted by molar-refractivity contribution is 6.69. The van der Waals surface area contributed by atoms with Crippen LogP contribution >= 0.6 is 34.8 Å². The highest BCUT2D eigenvalue weighted by atomic mass is 35.6. The number of halogens is 3. The van der Waals surface area contributed by atoms with Crippen molar-refractivity contribution in [2.75, 3.05) is 6.61 Å². The van der Waals surface area contributed by atoms with Gasteiger partial charge in [-0.3, -0.25) is 14.4 Å². The maximum Gasteiger partial charge on any atom is 0.302 e. The number of alkyl halides is 3. The smallest absolute Gasteiger partial charge is 0.302 e. The van der Waals surface area contributed by atoms with E-state index < -0.39 is 27.6 Å². The van der Waals surface area contributed by atoms with Crippen molar-refractivity contribution in [2.45, 2.75) is 37.4 Å². The highest BCUT2D eigenvalue weighted by Gasteiger charge is 2.54. The monoisotopic (exact) mass is 316 g/mol.